The molecule has 1 aromatic rings. The summed E-state index contributed by atoms with van der Waals surface area (Å²) in [5.41, 5.74) is 2.30. The summed E-state index contributed by atoms with van der Waals surface area (Å²) in [4.78, 5) is 27.8. The fourth-order valence-electron chi connectivity index (χ4n) is 4.29. The molecule has 6 heteroatoms. The van der Waals surface area contributed by atoms with Crippen molar-refractivity contribution >= 4 is 23.2 Å². The van der Waals surface area contributed by atoms with Gasteiger partial charge in [-0.25, -0.2) is 0 Å². The van der Waals surface area contributed by atoms with E-state index in [9.17, 15) is 9.59 Å². The fourth-order valence-corrected chi connectivity index (χ4v) is 4.29. The smallest absolute Gasteiger partial charge is 0.253 e. The molecule has 0 bridgehead atoms. The van der Waals surface area contributed by atoms with Crippen LogP contribution in [0, 0.1) is 0 Å². The third-order valence-corrected chi connectivity index (χ3v) is 6.18. The molecular formula is C27H45N3O3. The maximum absolute atomic E-state index is 13.0. The van der Waals surface area contributed by atoms with Gasteiger partial charge in [-0.1, -0.05) is 45.4 Å². The molecule has 186 valence electrons. The van der Waals surface area contributed by atoms with Crippen LogP contribution >= 0.6 is 0 Å². The highest BCUT2D eigenvalue weighted by Gasteiger charge is 2.19. The molecule has 1 saturated heterocycles. The topological polar surface area (TPSA) is 70.7 Å². The molecular weight excluding hydrogens is 414 g/mol. The zero-order chi connectivity index (χ0) is 23.7. The van der Waals surface area contributed by atoms with Crippen LogP contribution in [0.25, 0.3) is 0 Å². The Bertz CT molecular complexity index is 702. The van der Waals surface area contributed by atoms with E-state index in [2.05, 4.69) is 22.5 Å². The first kappa shape index (κ1) is 27.2. The first-order chi connectivity index (χ1) is 16.2. The highest BCUT2D eigenvalue weighted by atomic mass is 16.5. The molecule has 1 aliphatic heterocycles. The number of nitrogens with one attached hydrogen (secondary N) is 2. The van der Waals surface area contributed by atoms with E-state index in [1.54, 1.807) is 0 Å². The Morgan fingerprint density at radius 2 is 1.67 bits per heavy atom. The number of ether oxygens (including phenoxy) is 1. The molecule has 0 aliphatic carbocycles. The van der Waals surface area contributed by atoms with Crippen molar-refractivity contribution in [2.24, 2.45) is 0 Å². The number of hydrogen-bond acceptors (Lipinski definition) is 4. The zero-order valence-corrected chi connectivity index (χ0v) is 20.9. The van der Waals surface area contributed by atoms with Crippen LogP contribution in [0.4, 0.5) is 11.4 Å². The SMILES string of the molecule is CCCCCCCCCC(=O)Nc1ccc(N2CCCCC2)c(C(=O)NCCCOCC)c1. The highest BCUT2D eigenvalue weighted by molar-refractivity contribution is 6.02. The van der Waals surface area contributed by atoms with Crippen LogP contribution in [0.1, 0.15) is 101 Å². The molecule has 1 aromatic carbocycles. The Morgan fingerprint density at radius 1 is 0.939 bits per heavy atom. The minimum atomic E-state index is -0.0877. The lowest BCUT2D eigenvalue weighted by Crippen LogP contribution is -2.33. The van der Waals surface area contributed by atoms with Gasteiger partial charge in [0, 0.05) is 50.6 Å². The molecule has 1 fully saturated rings. The van der Waals surface area contributed by atoms with Crippen molar-refractivity contribution in [3.8, 4) is 0 Å². The van der Waals surface area contributed by atoms with Crippen molar-refractivity contribution in [2.45, 2.75) is 90.9 Å². The van der Waals surface area contributed by atoms with Crippen molar-refractivity contribution < 1.29 is 14.3 Å². The number of nitrogens with zero attached hydrogens (tertiary/aromatic N) is 1. The monoisotopic (exact) mass is 459 g/mol. The lowest BCUT2D eigenvalue weighted by Gasteiger charge is -2.30. The number of rotatable bonds is 16. The summed E-state index contributed by atoms with van der Waals surface area (Å²) in [5.74, 6) is -0.0624. The van der Waals surface area contributed by atoms with Crippen molar-refractivity contribution in [1.29, 1.82) is 0 Å². The van der Waals surface area contributed by atoms with E-state index in [4.69, 9.17) is 4.74 Å². The molecule has 2 N–H and O–H groups in total. The Labute approximate surface area is 200 Å². The van der Waals surface area contributed by atoms with E-state index in [1.807, 2.05) is 25.1 Å². The van der Waals surface area contributed by atoms with Crippen LogP contribution < -0.4 is 15.5 Å². The van der Waals surface area contributed by atoms with Crippen LogP contribution in [0.3, 0.4) is 0 Å². The summed E-state index contributed by atoms with van der Waals surface area (Å²) >= 11 is 0. The molecule has 0 spiro atoms. The number of unbranched alkanes of at least 4 members (excludes halogenated alkanes) is 6. The van der Waals surface area contributed by atoms with Gasteiger partial charge in [0.05, 0.1) is 5.56 Å². The Balaban J connectivity index is 1.93. The number of amides is 2. The number of anilines is 2. The van der Waals surface area contributed by atoms with E-state index < -0.39 is 0 Å². The molecule has 1 aliphatic rings. The average Bonchev–Trinajstić information content (AvgIpc) is 2.83. The fraction of sp³-hybridized carbons (Fsp3) is 0.704. The van der Waals surface area contributed by atoms with E-state index in [0.717, 1.165) is 50.9 Å². The zero-order valence-electron chi connectivity index (χ0n) is 20.9. The number of carbonyl (C=O) groups excluding carboxylic acids is 2. The third kappa shape index (κ3) is 10.6. The molecule has 2 rings (SSSR count). The lowest BCUT2D eigenvalue weighted by molar-refractivity contribution is -0.116. The predicted molar refractivity (Wildman–Crippen MR) is 137 cm³/mol. The average molecular weight is 460 g/mol. The molecule has 2 amide bonds. The minimum absolute atomic E-state index is 0.0253. The van der Waals surface area contributed by atoms with Gasteiger partial charge in [-0.05, 0) is 57.2 Å². The molecule has 1 heterocycles. The van der Waals surface area contributed by atoms with Gasteiger partial charge in [0.1, 0.15) is 0 Å². The summed E-state index contributed by atoms with van der Waals surface area (Å²) in [6, 6.07) is 5.76. The van der Waals surface area contributed by atoms with Gasteiger partial charge in [0.25, 0.3) is 5.91 Å². The first-order valence-electron chi connectivity index (χ1n) is 13.2. The summed E-state index contributed by atoms with van der Waals surface area (Å²) in [6.45, 7) is 8.03. The van der Waals surface area contributed by atoms with Crippen LogP contribution in [-0.2, 0) is 9.53 Å². The van der Waals surface area contributed by atoms with Gasteiger partial charge < -0.3 is 20.3 Å². The van der Waals surface area contributed by atoms with Gasteiger partial charge in [-0.15, -0.1) is 0 Å². The highest BCUT2D eigenvalue weighted by Crippen LogP contribution is 2.27. The summed E-state index contributed by atoms with van der Waals surface area (Å²) < 4.78 is 5.36. The summed E-state index contributed by atoms with van der Waals surface area (Å²) in [7, 11) is 0. The van der Waals surface area contributed by atoms with Gasteiger partial charge in [-0.2, -0.15) is 0 Å². The van der Waals surface area contributed by atoms with Gasteiger partial charge in [0.15, 0.2) is 0 Å². The summed E-state index contributed by atoms with van der Waals surface area (Å²) in [5, 5.41) is 6.03. The normalized spacial score (nSPS) is 13.7. The Morgan fingerprint density at radius 3 is 2.39 bits per heavy atom. The third-order valence-electron chi connectivity index (χ3n) is 6.18. The summed E-state index contributed by atoms with van der Waals surface area (Å²) in [6.07, 6.45) is 13.2. The van der Waals surface area contributed by atoms with E-state index in [-0.39, 0.29) is 11.8 Å². The lowest BCUT2D eigenvalue weighted by atomic mass is 10.1. The number of piperidine rings is 1. The van der Waals surface area contributed by atoms with E-state index >= 15 is 0 Å². The molecule has 6 nitrogen and oxygen atoms in total. The van der Waals surface area contributed by atoms with E-state index in [0.29, 0.717) is 37.4 Å². The first-order valence-corrected chi connectivity index (χ1v) is 13.2. The second-order valence-corrected chi connectivity index (χ2v) is 9.01. The molecule has 0 radical (unpaired) electrons. The number of carbonyl (C=O) groups is 2. The number of benzene rings is 1. The standard InChI is InChI=1S/C27H45N3O3/c1-3-5-6-7-8-9-11-15-26(31)29-23-16-17-25(30-19-12-10-13-20-30)24(22-23)27(32)28-18-14-21-33-4-2/h16-17,22H,3-15,18-21H2,1-2H3,(H,28,32)(H,29,31). The predicted octanol–water partition coefficient (Wildman–Crippen LogP) is 5.91. The Kier molecular flexibility index (Phi) is 13.6. The molecule has 0 atom stereocenters. The van der Waals surface area contributed by atoms with E-state index in [1.165, 1.54) is 38.5 Å². The second kappa shape index (κ2) is 16.5. The van der Waals surface area contributed by atoms with Crippen LogP contribution in [0.5, 0.6) is 0 Å². The van der Waals surface area contributed by atoms with Crippen LogP contribution in [-0.4, -0.2) is 44.7 Å². The van der Waals surface area contributed by atoms with Crippen molar-refractivity contribution in [3.05, 3.63) is 23.8 Å². The van der Waals surface area contributed by atoms with Crippen molar-refractivity contribution in [1.82, 2.24) is 5.32 Å². The number of hydrogen-bond donors (Lipinski definition) is 2. The maximum atomic E-state index is 13.0. The van der Waals surface area contributed by atoms with Crippen LogP contribution in [0.2, 0.25) is 0 Å². The molecule has 33 heavy (non-hydrogen) atoms. The maximum Gasteiger partial charge on any atom is 0.253 e. The molecule has 0 unspecified atom stereocenters. The minimum Gasteiger partial charge on any atom is -0.382 e. The van der Waals surface area contributed by atoms with Gasteiger partial charge >= 0.3 is 0 Å². The Hall–Kier alpha value is -2.08. The molecule has 0 aromatic heterocycles. The van der Waals surface area contributed by atoms with Crippen LogP contribution in [0.15, 0.2) is 18.2 Å². The van der Waals surface area contributed by atoms with Crippen molar-refractivity contribution in [2.75, 3.05) is 43.1 Å². The molecule has 0 saturated carbocycles. The quantitative estimate of drug-likeness (QED) is 0.301. The largest absolute Gasteiger partial charge is 0.382 e. The second-order valence-electron chi connectivity index (χ2n) is 9.01. The van der Waals surface area contributed by atoms with Gasteiger partial charge in [-0.3, -0.25) is 9.59 Å². The van der Waals surface area contributed by atoms with Gasteiger partial charge in [0.2, 0.25) is 5.91 Å². The van der Waals surface area contributed by atoms with Crippen molar-refractivity contribution in [3.63, 3.8) is 0 Å².